The second-order valence-corrected chi connectivity index (χ2v) is 8.32. The van der Waals surface area contributed by atoms with E-state index in [0.717, 1.165) is 17.7 Å². The average Bonchev–Trinajstić information content (AvgIpc) is 3.33. The summed E-state index contributed by atoms with van der Waals surface area (Å²) in [5, 5.41) is 11.3. The quantitative estimate of drug-likeness (QED) is 0.699. The van der Waals surface area contributed by atoms with Gasteiger partial charge in [-0.1, -0.05) is 35.9 Å². The second kappa shape index (κ2) is 7.01. The predicted octanol–water partition coefficient (Wildman–Crippen LogP) is 5.86. The molecule has 1 aliphatic rings. The van der Waals surface area contributed by atoms with Gasteiger partial charge in [-0.3, -0.25) is 4.90 Å². The minimum absolute atomic E-state index is 0.193. The molecule has 1 saturated carbocycles. The molecule has 0 amide bonds. The van der Waals surface area contributed by atoms with E-state index in [1.54, 1.807) is 0 Å². The zero-order valence-corrected chi connectivity index (χ0v) is 16.3. The van der Waals surface area contributed by atoms with Crippen LogP contribution in [0.15, 0.2) is 42.5 Å². The van der Waals surface area contributed by atoms with E-state index in [2.05, 4.69) is 38.7 Å². The van der Waals surface area contributed by atoms with Gasteiger partial charge in [0, 0.05) is 34.6 Å². The monoisotopic (exact) mass is 357 g/mol. The average molecular weight is 358 g/mol. The Labute approximate surface area is 156 Å². The summed E-state index contributed by atoms with van der Waals surface area (Å²) in [6.45, 7) is 10.1. The fourth-order valence-corrected chi connectivity index (χ4v) is 3.95. The highest BCUT2D eigenvalue weighted by Gasteiger charge is 2.46. The summed E-state index contributed by atoms with van der Waals surface area (Å²) >= 11 is 6.09. The van der Waals surface area contributed by atoms with Crippen LogP contribution in [0.4, 0.5) is 0 Å². The Bertz CT molecular complexity index is 741. The number of nitrogens with zero attached hydrogens (tertiary/aromatic N) is 1. The molecule has 1 N–H and O–H groups in total. The first kappa shape index (κ1) is 18.3. The zero-order valence-electron chi connectivity index (χ0n) is 15.6. The number of aromatic hydroxyl groups is 1. The van der Waals surface area contributed by atoms with Gasteiger partial charge in [-0.05, 0) is 69.9 Å². The topological polar surface area (TPSA) is 23.5 Å². The van der Waals surface area contributed by atoms with Crippen LogP contribution in [0.3, 0.4) is 0 Å². The Hall–Kier alpha value is -1.51. The van der Waals surface area contributed by atoms with Crippen LogP contribution in [0, 0.1) is 0 Å². The van der Waals surface area contributed by atoms with E-state index < -0.39 is 0 Å². The van der Waals surface area contributed by atoms with Crippen LogP contribution in [-0.2, 0) is 5.41 Å². The molecule has 0 radical (unpaired) electrons. The highest BCUT2D eigenvalue weighted by molar-refractivity contribution is 6.30. The first-order valence-corrected chi connectivity index (χ1v) is 9.55. The molecule has 1 fully saturated rings. The fourth-order valence-electron chi connectivity index (χ4n) is 3.76. The molecule has 0 aromatic heterocycles. The van der Waals surface area contributed by atoms with Crippen molar-refractivity contribution < 1.29 is 5.11 Å². The molecule has 0 unspecified atom stereocenters. The molecule has 0 bridgehead atoms. The fraction of sp³-hybridized carbons (Fsp3) is 0.455. The van der Waals surface area contributed by atoms with Crippen molar-refractivity contribution in [3.05, 3.63) is 53.1 Å². The molecule has 2 aromatic carbocycles. The van der Waals surface area contributed by atoms with Crippen LogP contribution in [0.25, 0.3) is 11.1 Å². The third kappa shape index (κ3) is 3.86. The van der Waals surface area contributed by atoms with Crippen LogP contribution >= 0.6 is 11.6 Å². The van der Waals surface area contributed by atoms with Gasteiger partial charge in [-0.15, -0.1) is 0 Å². The Kier molecular flexibility index (Phi) is 5.13. The minimum atomic E-state index is 0.193. The first-order chi connectivity index (χ1) is 11.8. The molecule has 25 heavy (non-hydrogen) atoms. The third-order valence-electron chi connectivity index (χ3n) is 5.41. The van der Waals surface area contributed by atoms with E-state index in [1.165, 1.54) is 18.4 Å². The van der Waals surface area contributed by atoms with Crippen LogP contribution in [0.1, 0.15) is 46.1 Å². The predicted molar refractivity (Wildman–Crippen MR) is 106 cm³/mol. The lowest BCUT2D eigenvalue weighted by Crippen LogP contribution is -2.42. The molecule has 134 valence electrons. The molecule has 0 spiro atoms. The van der Waals surface area contributed by atoms with E-state index in [9.17, 15) is 5.11 Å². The number of hydrogen-bond acceptors (Lipinski definition) is 2. The Morgan fingerprint density at radius 3 is 2.24 bits per heavy atom. The Balaban J connectivity index is 1.88. The second-order valence-electron chi connectivity index (χ2n) is 7.88. The summed E-state index contributed by atoms with van der Waals surface area (Å²) < 4.78 is 0. The molecule has 2 nitrogen and oxygen atoms in total. The molecule has 0 heterocycles. The SMILES string of the molecule is CC(C)N(CC1(c2ccc(-c3cccc(Cl)c3)c(O)c2)CC1)C(C)C. The van der Waals surface area contributed by atoms with Crippen LogP contribution in [-0.4, -0.2) is 28.6 Å². The lowest BCUT2D eigenvalue weighted by Gasteiger charge is -2.34. The van der Waals surface area contributed by atoms with Gasteiger partial charge in [0.05, 0.1) is 0 Å². The van der Waals surface area contributed by atoms with E-state index in [4.69, 9.17) is 11.6 Å². The van der Waals surface area contributed by atoms with Gasteiger partial charge >= 0.3 is 0 Å². The van der Waals surface area contributed by atoms with Gasteiger partial charge in [0.15, 0.2) is 0 Å². The molecule has 1 aliphatic carbocycles. The maximum absolute atomic E-state index is 10.6. The largest absolute Gasteiger partial charge is 0.507 e. The third-order valence-corrected chi connectivity index (χ3v) is 5.65. The number of hydrogen-bond donors (Lipinski definition) is 1. The number of phenols is 1. The van der Waals surface area contributed by atoms with Gasteiger partial charge in [0.1, 0.15) is 5.75 Å². The number of rotatable bonds is 6. The van der Waals surface area contributed by atoms with E-state index in [-0.39, 0.29) is 5.41 Å². The molecule has 0 saturated heterocycles. The number of benzene rings is 2. The maximum Gasteiger partial charge on any atom is 0.123 e. The zero-order chi connectivity index (χ0) is 18.2. The van der Waals surface area contributed by atoms with Crippen molar-refractivity contribution in [2.24, 2.45) is 0 Å². The summed E-state index contributed by atoms with van der Waals surface area (Å²) in [4.78, 5) is 2.55. The molecular formula is C22H28ClNO. The van der Waals surface area contributed by atoms with Crippen LogP contribution < -0.4 is 0 Å². The molecule has 0 atom stereocenters. The summed E-state index contributed by atoms with van der Waals surface area (Å²) in [5.74, 6) is 0.340. The van der Waals surface area contributed by atoms with Crippen molar-refractivity contribution in [1.82, 2.24) is 4.90 Å². The lowest BCUT2D eigenvalue weighted by molar-refractivity contribution is 0.158. The van der Waals surface area contributed by atoms with Crippen molar-refractivity contribution in [2.45, 2.75) is 58.0 Å². The van der Waals surface area contributed by atoms with E-state index in [0.29, 0.717) is 22.9 Å². The summed E-state index contributed by atoms with van der Waals surface area (Å²) in [7, 11) is 0. The molecule has 2 aromatic rings. The van der Waals surface area contributed by atoms with Crippen LogP contribution in [0.2, 0.25) is 5.02 Å². The standard InChI is InChI=1S/C22H28ClNO/c1-15(2)24(16(3)4)14-22(10-11-22)18-8-9-20(21(25)13-18)17-6-5-7-19(23)12-17/h5-9,12-13,15-16,25H,10-11,14H2,1-4H3. The first-order valence-electron chi connectivity index (χ1n) is 9.17. The van der Waals surface area contributed by atoms with Crippen molar-refractivity contribution in [2.75, 3.05) is 6.54 Å². The van der Waals surface area contributed by atoms with Gasteiger partial charge in [-0.2, -0.15) is 0 Å². The number of halogens is 1. The normalized spacial score (nSPS) is 16.0. The summed E-state index contributed by atoms with van der Waals surface area (Å²) in [6.07, 6.45) is 2.39. The van der Waals surface area contributed by atoms with E-state index in [1.807, 2.05) is 36.4 Å². The maximum atomic E-state index is 10.6. The van der Waals surface area contributed by atoms with Crippen molar-refractivity contribution >= 4 is 11.6 Å². The highest BCUT2D eigenvalue weighted by Crippen LogP contribution is 2.50. The molecule has 3 rings (SSSR count). The van der Waals surface area contributed by atoms with Crippen LogP contribution in [0.5, 0.6) is 5.75 Å². The van der Waals surface area contributed by atoms with Crippen molar-refractivity contribution in [3.8, 4) is 16.9 Å². The highest BCUT2D eigenvalue weighted by atomic mass is 35.5. The molecule has 3 heteroatoms. The molecule has 0 aliphatic heterocycles. The van der Waals surface area contributed by atoms with Crippen molar-refractivity contribution in [1.29, 1.82) is 0 Å². The lowest BCUT2D eigenvalue weighted by atomic mass is 9.91. The van der Waals surface area contributed by atoms with Gasteiger partial charge in [0.25, 0.3) is 0 Å². The van der Waals surface area contributed by atoms with Gasteiger partial charge in [0.2, 0.25) is 0 Å². The Morgan fingerprint density at radius 1 is 1.04 bits per heavy atom. The summed E-state index contributed by atoms with van der Waals surface area (Å²) in [6, 6.07) is 14.9. The molecular weight excluding hydrogens is 330 g/mol. The smallest absolute Gasteiger partial charge is 0.123 e. The van der Waals surface area contributed by atoms with Gasteiger partial charge < -0.3 is 5.11 Å². The minimum Gasteiger partial charge on any atom is -0.507 e. The summed E-state index contributed by atoms with van der Waals surface area (Å²) in [5.41, 5.74) is 3.24. The number of phenolic OH excluding ortho intramolecular Hbond substituents is 1. The van der Waals surface area contributed by atoms with Gasteiger partial charge in [-0.25, -0.2) is 0 Å². The van der Waals surface area contributed by atoms with E-state index >= 15 is 0 Å². The Morgan fingerprint density at radius 2 is 1.72 bits per heavy atom. The van der Waals surface area contributed by atoms with Crippen molar-refractivity contribution in [3.63, 3.8) is 0 Å².